The van der Waals surface area contributed by atoms with Gasteiger partial charge in [-0.1, -0.05) is 37.5 Å². The number of para-hydroxylation sites is 1. The van der Waals surface area contributed by atoms with Gasteiger partial charge in [-0.05, 0) is 49.2 Å². The van der Waals surface area contributed by atoms with Crippen LogP contribution in [0.5, 0.6) is 0 Å². The second kappa shape index (κ2) is 7.70. The molecule has 0 spiro atoms. The molecule has 6 heteroatoms. The Bertz CT molecular complexity index is 915. The molecule has 0 radical (unpaired) electrons. The quantitative estimate of drug-likeness (QED) is 0.757. The minimum atomic E-state index is -0.320. The Kier molecular flexibility index (Phi) is 4.96. The van der Waals surface area contributed by atoms with Crippen molar-refractivity contribution in [3.05, 3.63) is 66.2 Å². The summed E-state index contributed by atoms with van der Waals surface area (Å²) in [5.74, 6) is 0.0541. The van der Waals surface area contributed by atoms with Crippen LogP contribution in [0.2, 0.25) is 0 Å². The maximum Gasteiger partial charge on any atom is 0.291 e. The van der Waals surface area contributed by atoms with Gasteiger partial charge in [0.25, 0.3) is 5.91 Å². The number of rotatable bonds is 4. The van der Waals surface area contributed by atoms with Gasteiger partial charge >= 0.3 is 0 Å². The molecule has 1 N–H and O–H groups in total. The molecule has 1 aliphatic carbocycles. The van der Waals surface area contributed by atoms with E-state index in [1.54, 1.807) is 16.8 Å². The summed E-state index contributed by atoms with van der Waals surface area (Å²) in [6.07, 6.45) is 5.49. The molecule has 5 nitrogen and oxygen atoms in total. The van der Waals surface area contributed by atoms with Crippen molar-refractivity contribution >= 4 is 5.91 Å². The van der Waals surface area contributed by atoms with Crippen LogP contribution in [0.15, 0.2) is 54.6 Å². The molecule has 0 aliphatic heterocycles. The van der Waals surface area contributed by atoms with Crippen molar-refractivity contribution in [2.24, 2.45) is 0 Å². The van der Waals surface area contributed by atoms with Gasteiger partial charge in [0.05, 0.1) is 5.69 Å². The first-order valence-corrected chi connectivity index (χ1v) is 9.30. The van der Waals surface area contributed by atoms with Gasteiger partial charge in [-0.15, -0.1) is 5.10 Å². The van der Waals surface area contributed by atoms with Crippen LogP contribution in [0.3, 0.4) is 0 Å². The van der Waals surface area contributed by atoms with Crippen molar-refractivity contribution in [1.29, 1.82) is 0 Å². The minimum absolute atomic E-state index is 0.128. The van der Waals surface area contributed by atoms with Gasteiger partial charge in [-0.2, -0.15) is 0 Å². The van der Waals surface area contributed by atoms with Crippen LogP contribution in [0.1, 0.15) is 42.7 Å². The molecular formula is C21H21FN4O. The normalized spacial score (nSPS) is 14.9. The Labute approximate surface area is 157 Å². The average molecular weight is 364 g/mol. The second-order valence-electron chi connectivity index (χ2n) is 6.82. The van der Waals surface area contributed by atoms with Gasteiger partial charge in [0.15, 0.2) is 5.82 Å². The summed E-state index contributed by atoms with van der Waals surface area (Å²) >= 11 is 0. The summed E-state index contributed by atoms with van der Waals surface area (Å²) in [6, 6.07) is 15.7. The molecule has 0 saturated heterocycles. The fourth-order valence-electron chi connectivity index (χ4n) is 3.44. The third kappa shape index (κ3) is 3.89. The van der Waals surface area contributed by atoms with Gasteiger partial charge < -0.3 is 5.32 Å². The molecule has 0 atom stereocenters. The Balaban J connectivity index is 1.69. The van der Waals surface area contributed by atoms with Crippen LogP contribution < -0.4 is 5.32 Å². The number of nitrogens with zero attached hydrogens (tertiary/aromatic N) is 3. The van der Waals surface area contributed by atoms with Crippen LogP contribution in [0.4, 0.5) is 4.39 Å². The van der Waals surface area contributed by atoms with E-state index >= 15 is 0 Å². The number of benzene rings is 2. The standard InChI is InChI=1S/C21H21FN4O/c22-16-13-11-15(12-14-16)20-24-19(21(27)23-17-7-3-1-4-8-17)25-26(20)18-9-5-2-6-10-18/h2,5-6,9-14,17H,1,3-4,7-8H2,(H,23,27). The molecule has 1 saturated carbocycles. The van der Waals surface area contributed by atoms with E-state index in [1.165, 1.54) is 18.6 Å². The number of hydrogen-bond acceptors (Lipinski definition) is 3. The summed E-state index contributed by atoms with van der Waals surface area (Å²) in [7, 11) is 0. The number of hydrogen-bond donors (Lipinski definition) is 1. The molecule has 1 aromatic heterocycles. The van der Waals surface area contributed by atoms with E-state index < -0.39 is 0 Å². The molecule has 138 valence electrons. The molecule has 1 fully saturated rings. The predicted octanol–water partition coefficient (Wildman–Crippen LogP) is 4.14. The van der Waals surface area contributed by atoms with Gasteiger partial charge in [-0.3, -0.25) is 4.79 Å². The third-order valence-electron chi connectivity index (χ3n) is 4.85. The summed E-state index contributed by atoms with van der Waals surface area (Å²) in [6.45, 7) is 0. The number of halogens is 1. The summed E-state index contributed by atoms with van der Waals surface area (Å²) in [4.78, 5) is 17.2. The first-order chi connectivity index (χ1) is 13.2. The topological polar surface area (TPSA) is 59.8 Å². The van der Waals surface area contributed by atoms with Crippen molar-refractivity contribution < 1.29 is 9.18 Å². The minimum Gasteiger partial charge on any atom is -0.347 e. The van der Waals surface area contributed by atoms with Crippen molar-refractivity contribution in [2.75, 3.05) is 0 Å². The van der Waals surface area contributed by atoms with Crippen molar-refractivity contribution in [3.63, 3.8) is 0 Å². The first-order valence-electron chi connectivity index (χ1n) is 9.30. The van der Waals surface area contributed by atoms with E-state index in [-0.39, 0.29) is 23.6 Å². The Morgan fingerprint density at radius 1 is 1.00 bits per heavy atom. The molecule has 4 rings (SSSR count). The molecule has 0 bridgehead atoms. The van der Waals surface area contributed by atoms with Crippen LogP contribution in [0, 0.1) is 5.82 Å². The molecule has 0 unspecified atom stereocenters. The predicted molar refractivity (Wildman–Crippen MR) is 101 cm³/mol. The first kappa shape index (κ1) is 17.4. The zero-order valence-corrected chi connectivity index (χ0v) is 14.9. The summed E-state index contributed by atoms with van der Waals surface area (Å²) < 4.78 is 14.9. The Morgan fingerprint density at radius 2 is 1.70 bits per heavy atom. The number of carbonyl (C=O) groups excluding carboxylic acids is 1. The zero-order chi connectivity index (χ0) is 18.6. The molecule has 1 amide bonds. The molecule has 3 aromatic rings. The monoisotopic (exact) mass is 364 g/mol. The summed E-state index contributed by atoms with van der Waals surface area (Å²) in [5, 5.41) is 7.49. The van der Waals surface area contributed by atoms with Gasteiger partial charge in [0.1, 0.15) is 5.82 Å². The van der Waals surface area contributed by atoms with Gasteiger partial charge in [0, 0.05) is 11.6 Å². The van der Waals surface area contributed by atoms with Crippen LogP contribution in [-0.4, -0.2) is 26.7 Å². The lowest BCUT2D eigenvalue weighted by Crippen LogP contribution is -2.36. The second-order valence-corrected chi connectivity index (χ2v) is 6.82. The molecule has 1 aliphatic rings. The largest absolute Gasteiger partial charge is 0.347 e. The van der Waals surface area contributed by atoms with E-state index in [0.717, 1.165) is 31.4 Å². The number of carbonyl (C=O) groups is 1. The van der Waals surface area contributed by atoms with Gasteiger partial charge in [0.2, 0.25) is 5.82 Å². The number of nitrogens with one attached hydrogen (secondary N) is 1. The lowest BCUT2D eigenvalue weighted by molar-refractivity contribution is 0.0917. The van der Waals surface area contributed by atoms with Crippen LogP contribution in [-0.2, 0) is 0 Å². The van der Waals surface area contributed by atoms with Crippen LogP contribution >= 0.6 is 0 Å². The summed E-state index contributed by atoms with van der Waals surface area (Å²) in [5.41, 5.74) is 1.49. The fraction of sp³-hybridized carbons (Fsp3) is 0.286. The van der Waals surface area contributed by atoms with E-state index in [9.17, 15) is 9.18 Å². The number of amides is 1. The molecule has 1 heterocycles. The molecular weight excluding hydrogens is 343 g/mol. The SMILES string of the molecule is O=C(NC1CCCCC1)c1nc(-c2ccc(F)cc2)n(-c2ccccc2)n1. The van der Waals surface area contributed by atoms with E-state index in [2.05, 4.69) is 15.4 Å². The highest BCUT2D eigenvalue weighted by Crippen LogP contribution is 2.22. The molecule has 2 aromatic carbocycles. The lowest BCUT2D eigenvalue weighted by atomic mass is 9.95. The maximum absolute atomic E-state index is 13.3. The smallest absolute Gasteiger partial charge is 0.291 e. The van der Waals surface area contributed by atoms with Crippen molar-refractivity contribution in [1.82, 2.24) is 20.1 Å². The fourth-order valence-corrected chi connectivity index (χ4v) is 3.44. The highest BCUT2D eigenvalue weighted by atomic mass is 19.1. The van der Waals surface area contributed by atoms with E-state index in [4.69, 9.17) is 0 Å². The Hall–Kier alpha value is -3.02. The highest BCUT2D eigenvalue weighted by molar-refractivity contribution is 5.91. The van der Waals surface area contributed by atoms with Crippen molar-refractivity contribution in [2.45, 2.75) is 38.1 Å². The Morgan fingerprint density at radius 3 is 2.41 bits per heavy atom. The molecule has 27 heavy (non-hydrogen) atoms. The zero-order valence-electron chi connectivity index (χ0n) is 14.9. The lowest BCUT2D eigenvalue weighted by Gasteiger charge is -2.21. The van der Waals surface area contributed by atoms with Crippen LogP contribution in [0.25, 0.3) is 17.1 Å². The highest BCUT2D eigenvalue weighted by Gasteiger charge is 2.22. The third-order valence-corrected chi connectivity index (χ3v) is 4.85. The number of aromatic nitrogens is 3. The maximum atomic E-state index is 13.3. The van der Waals surface area contributed by atoms with Gasteiger partial charge in [-0.25, -0.2) is 14.1 Å². The average Bonchev–Trinajstić information content (AvgIpc) is 3.16. The van der Waals surface area contributed by atoms with Crippen molar-refractivity contribution in [3.8, 4) is 17.1 Å². The van der Waals surface area contributed by atoms with E-state index in [0.29, 0.717) is 11.4 Å². The van der Waals surface area contributed by atoms with E-state index in [1.807, 2.05) is 30.3 Å².